The summed E-state index contributed by atoms with van der Waals surface area (Å²) in [7, 11) is 0. The van der Waals surface area contributed by atoms with Crippen LogP contribution < -0.4 is 4.90 Å². The van der Waals surface area contributed by atoms with Gasteiger partial charge in [-0.2, -0.15) is 0 Å². The Hall–Kier alpha value is -2.37. The van der Waals surface area contributed by atoms with Gasteiger partial charge in [-0.05, 0) is 24.0 Å². The van der Waals surface area contributed by atoms with Crippen LogP contribution in [-0.2, 0) is 14.4 Å². The van der Waals surface area contributed by atoms with Crippen molar-refractivity contribution >= 4 is 23.4 Å². The molecule has 0 radical (unpaired) electrons. The topological polar surface area (TPSA) is 60.9 Å². The van der Waals surface area contributed by atoms with Gasteiger partial charge in [0.15, 0.2) is 0 Å². The van der Waals surface area contributed by atoms with Gasteiger partial charge in [0.2, 0.25) is 17.7 Å². The molecule has 0 aromatic heterocycles. The Labute approximate surface area is 162 Å². The molecule has 0 unspecified atom stereocenters. The lowest BCUT2D eigenvalue weighted by Gasteiger charge is -2.35. The Morgan fingerprint density at radius 1 is 1.04 bits per heavy atom. The summed E-state index contributed by atoms with van der Waals surface area (Å²) < 4.78 is 0. The van der Waals surface area contributed by atoms with Gasteiger partial charge >= 0.3 is 0 Å². The number of carbonyl (C=O) groups is 3. The SMILES string of the molecule is CC(=O)N1CCN(C(=O)CCN(C(C)=O)c2c(C)cccc2C(C)C)CC1. The van der Waals surface area contributed by atoms with Crippen LogP contribution in [0.1, 0.15) is 51.2 Å². The zero-order valence-electron chi connectivity index (χ0n) is 17.1. The second-order valence-corrected chi connectivity index (χ2v) is 7.47. The number of para-hydroxylation sites is 1. The zero-order chi connectivity index (χ0) is 20.1. The Kier molecular flexibility index (Phi) is 6.99. The number of aryl methyl sites for hydroxylation is 1. The highest BCUT2D eigenvalue weighted by atomic mass is 16.2. The van der Waals surface area contributed by atoms with Gasteiger partial charge in [0, 0.05) is 58.7 Å². The number of amides is 3. The van der Waals surface area contributed by atoms with E-state index in [1.54, 1.807) is 28.5 Å². The Balaban J connectivity index is 2.07. The van der Waals surface area contributed by atoms with Crippen molar-refractivity contribution in [3.63, 3.8) is 0 Å². The van der Waals surface area contributed by atoms with Crippen LogP contribution in [0.25, 0.3) is 0 Å². The molecule has 0 N–H and O–H groups in total. The quantitative estimate of drug-likeness (QED) is 0.797. The molecule has 6 nitrogen and oxygen atoms in total. The molecule has 27 heavy (non-hydrogen) atoms. The van der Waals surface area contributed by atoms with Crippen molar-refractivity contribution in [2.24, 2.45) is 0 Å². The van der Waals surface area contributed by atoms with Crippen molar-refractivity contribution in [1.29, 1.82) is 0 Å². The fraction of sp³-hybridized carbons (Fsp3) is 0.571. The van der Waals surface area contributed by atoms with Gasteiger partial charge in [-0.3, -0.25) is 14.4 Å². The maximum atomic E-state index is 12.6. The molecule has 1 aromatic carbocycles. The number of hydrogen-bond donors (Lipinski definition) is 0. The second-order valence-electron chi connectivity index (χ2n) is 7.47. The largest absolute Gasteiger partial charge is 0.339 e. The van der Waals surface area contributed by atoms with Gasteiger partial charge in [0.1, 0.15) is 0 Å². The van der Waals surface area contributed by atoms with E-state index in [1.165, 1.54) is 0 Å². The van der Waals surface area contributed by atoms with Crippen LogP contribution in [0.3, 0.4) is 0 Å². The first-order valence-electron chi connectivity index (χ1n) is 9.63. The molecule has 0 atom stereocenters. The van der Waals surface area contributed by atoms with E-state index in [9.17, 15) is 14.4 Å². The van der Waals surface area contributed by atoms with Gasteiger partial charge in [-0.25, -0.2) is 0 Å². The predicted octanol–water partition coefficient (Wildman–Crippen LogP) is 2.55. The average molecular weight is 373 g/mol. The molecule has 148 valence electrons. The summed E-state index contributed by atoms with van der Waals surface area (Å²) >= 11 is 0. The van der Waals surface area contributed by atoms with Crippen LogP contribution in [-0.4, -0.2) is 60.2 Å². The molecule has 1 aliphatic heterocycles. The summed E-state index contributed by atoms with van der Waals surface area (Å²) in [4.78, 5) is 41.7. The lowest BCUT2D eigenvalue weighted by molar-refractivity contribution is -0.138. The minimum absolute atomic E-state index is 0.0316. The van der Waals surface area contributed by atoms with Gasteiger partial charge in [-0.15, -0.1) is 0 Å². The highest BCUT2D eigenvalue weighted by molar-refractivity contribution is 5.94. The summed E-state index contributed by atoms with van der Waals surface area (Å²) in [6.45, 7) is 11.9. The third-order valence-corrected chi connectivity index (χ3v) is 5.17. The van der Waals surface area contributed by atoms with E-state index in [0.29, 0.717) is 32.7 Å². The van der Waals surface area contributed by atoms with E-state index in [1.807, 2.05) is 25.1 Å². The molecule has 1 fully saturated rings. The van der Waals surface area contributed by atoms with Crippen molar-refractivity contribution in [3.8, 4) is 0 Å². The van der Waals surface area contributed by atoms with Crippen LogP contribution >= 0.6 is 0 Å². The first-order valence-corrected chi connectivity index (χ1v) is 9.63. The average Bonchev–Trinajstić information content (AvgIpc) is 2.62. The zero-order valence-corrected chi connectivity index (χ0v) is 17.1. The molecule has 3 amide bonds. The molecule has 1 saturated heterocycles. The Morgan fingerprint density at radius 3 is 2.15 bits per heavy atom. The molecule has 2 rings (SSSR count). The maximum absolute atomic E-state index is 12.6. The van der Waals surface area contributed by atoms with Crippen LogP contribution in [0.4, 0.5) is 5.69 Å². The molecule has 0 spiro atoms. The molecular formula is C21H31N3O3. The number of benzene rings is 1. The molecule has 1 aromatic rings. The maximum Gasteiger partial charge on any atom is 0.224 e. The van der Waals surface area contributed by atoms with E-state index >= 15 is 0 Å². The first kappa shape index (κ1) is 20.9. The summed E-state index contributed by atoms with van der Waals surface area (Å²) in [6, 6.07) is 6.05. The summed E-state index contributed by atoms with van der Waals surface area (Å²) in [5.41, 5.74) is 3.08. The molecule has 0 bridgehead atoms. The smallest absolute Gasteiger partial charge is 0.224 e. The van der Waals surface area contributed by atoms with E-state index in [-0.39, 0.29) is 30.1 Å². The molecule has 1 heterocycles. The number of anilines is 1. The molecule has 0 saturated carbocycles. The minimum Gasteiger partial charge on any atom is -0.339 e. The monoisotopic (exact) mass is 373 g/mol. The summed E-state index contributed by atoms with van der Waals surface area (Å²) in [6.07, 6.45) is 0.283. The van der Waals surface area contributed by atoms with Crippen LogP contribution in [0.5, 0.6) is 0 Å². The minimum atomic E-state index is -0.0552. The fourth-order valence-corrected chi connectivity index (χ4v) is 3.58. The van der Waals surface area contributed by atoms with Crippen LogP contribution in [0, 0.1) is 6.92 Å². The molecule has 0 aliphatic carbocycles. The number of carbonyl (C=O) groups excluding carboxylic acids is 3. The highest BCUT2D eigenvalue weighted by Gasteiger charge is 2.24. The predicted molar refractivity (Wildman–Crippen MR) is 107 cm³/mol. The fourth-order valence-electron chi connectivity index (χ4n) is 3.58. The third kappa shape index (κ3) is 5.08. The number of nitrogens with zero attached hydrogens (tertiary/aromatic N) is 3. The normalized spacial score (nSPS) is 14.4. The van der Waals surface area contributed by atoms with Gasteiger partial charge in [-0.1, -0.05) is 32.0 Å². The van der Waals surface area contributed by atoms with E-state index in [0.717, 1.165) is 16.8 Å². The standard InChI is InChI=1S/C21H31N3O3/c1-15(2)19-8-6-7-16(3)21(19)24(18(5)26)10-9-20(27)23-13-11-22(12-14-23)17(4)25/h6-8,15H,9-14H2,1-5H3. The summed E-state index contributed by atoms with van der Waals surface area (Å²) in [5.74, 6) is 0.312. The van der Waals surface area contributed by atoms with Crippen molar-refractivity contribution in [2.75, 3.05) is 37.6 Å². The van der Waals surface area contributed by atoms with Gasteiger partial charge < -0.3 is 14.7 Å². The Bertz CT molecular complexity index is 707. The van der Waals surface area contributed by atoms with Crippen molar-refractivity contribution in [3.05, 3.63) is 29.3 Å². The lowest BCUT2D eigenvalue weighted by atomic mass is 9.97. The highest BCUT2D eigenvalue weighted by Crippen LogP contribution is 2.31. The van der Waals surface area contributed by atoms with Crippen molar-refractivity contribution in [2.45, 2.75) is 47.0 Å². The van der Waals surface area contributed by atoms with Crippen molar-refractivity contribution in [1.82, 2.24) is 9.80 Å². The second kappa shape index (κ2) is 9.02. The Morgan fingerprint density at radius 2 is 1.63 bits per heavy atom. The number of hydrogen-bond acceptors (Lipinski definition) is 3. The third-order valence-electron chi connectivity index (χ3n) is 5.17. The van der Waals surface area contributed by atoms with E-state index in [2.05, 4.69) is 13.8 Å². The number of piperazine rings is 1. The van der Waals surface area contributed by atoms with Crippen LogP contribution in [0.15, 0.2) is 18.2 Å². The molecular weight excluding hydrogens is 342 g/mol. The first-order chi connectivity index (χ1) is 12.7. The molecule has 6 heteroatoms. The van der Waals surface area contributed by atoms with E-state index < -0.39 is 0 Å². The van der Waals surface area contributed by atoms with Gasteiger partial charge in [0.25, 0.3) is 0 Å². The van der Waals surface area contributed by atoms with Crippen molar-refractivity contribution < 1.29 is 14.4 Å². The lowest BCUT2D eigenvalue weighted by Crippen LogP contribution is -2.50. The van der Waals surface area contributed by atoms with Crippen LogP contribution in [0.2, 0.25) is 0 Å². The number of rotatable bonds is 5. The molecule has 1 aliphatic rings. The van der Waals surface area contributed by atoms with E-state index in [4.69, 9.17) is 0 Å². The van der Waals surface area contributed by atoms with Gasteiger partial charge in [0.05, 0.1) is 0 Å². The summed E-state index contributed by atoms with van der Waals surface area (Å²) in [5, 5.41) is 0.